The highest BCUT2D eigenvalue weighted by molar-refractivity contribution is 5.73. The van der Waals surface area contributed by atoms with Crippen molar-refractivity contribution in [2.24, 2.45) is 5.92 Å². The van der Waals surface area contributed by atoms with Crippen LogP contribution in [0.1, 0.15) is 38.2 Å². The van der Waals surface area contributed by atoms with E-state index in [1.165, 1.54) is 5.57 Å². The monoisotopic (exact) mass is 288 g/mol. The molecule has 0 bridgehead atoms. The van der Waals surface area contributed by atoms with Gasteiger partial charge in [0, 0.05) is 0 Å². The number of allylic oxidation sites excluding steroid dienone is 2. The molecule has 21 heavy (non-hydrogen) atoms. The van der Waals surface area contributed by atoms with Crippen molar-refractivity contribution in [3.8, 4) is 11.5 Å². The van der Waals surface area contributed by atoms with Crippen LogP contribution in [0.2, 0.25) is 0 Å². The Kier molecular flexibility index (Phi) is 4.13. The van der Waals surface area contributed by atoms with E-state index in [9.17, 15) is 4.79 Å². The first-order valence-corrected chi connectivity index (χ1v) is 7.52. The average Bonchev–Trinajstić information content (AvgIpc) is 2.95. The molecule has 1 aromatic carbocycles. The zero-order valence-electron chi connectivity index (χ0n) is 12.3. The lowest BCUT2D eigenvalue weighted by molar-refractivity contribution is -0.143. The highest BCUT2D eigenvalue weighted by atomic mass is 16.7. The van der Waals surface area contributed by atoms with Crippen LogP contribution in [0.15, 0.2) is 24.3 Å². The molecule has 112 valence electrons. The first kappa shape index (κ1) is 14.0. The summed E-state index contributed by atoms with van der Waals surface area (Å²) in [5.41, 5.74) is 2.45. The second-order valence-electron chi connectivity index (χ2n) is 5.42. The number of fused-ring (bicyclic) bond motifs is 1. The summed E-state index contributed by atoms with van der Waals surface area (Å²) >= 11 is 0. The summed E-state index contributed by atoms with van der Waals surface area (Å²) in [6, 6.07) is 6.04. The lowest BCUT2D eigenvalue weighted by Crippen LogP contribution is -2.12. The van der Waals surface area contributed by atoms with E-state index in [1.807, 2.05) is 19.1 Å². The quantitative estimate of drug-likeness (QED) is 0.795. The van der Waals surface area contributed by atoms with E-state index in [2.05, 4.69) is 12.1 Å². The van der Waals surface area contributed by atoms with Crippen molar-refractivity contribution in [2.45, 2.75) is 32.6 Å². The van der Waals surface area contributed by atoms with Crippen molar-refractivity contribution >= 4 is 11.5 Å². The molecule has 0 saturated carbocycles. The molecule has 1 aromatic rings. The SMILES string of the molecule is CCOC(=O)CC1C=C(c2ccc3c(c2)OCO3)CCC1. The van der Waals surface area contributed by atoms with Crippen molar-refractivity contribution < 1.29 is 19.0 Å². The van der Waals surface area contributed by atoms with Crippen molar-refractivity contribution in [3.63, 3.8) is 0 Å². The number of carbonyl (C=O) groups excluding carboxylic acids is 1. The highest BCUT2D eigenvalue weighted by Gasteiger charge is 2.20. The fourth-order valence-corrected chi connectivity index (χ4v) is 2.94. The molecule has 1 aliphatic heterocycles. The molecule has 4 heteroatoms. The molecule has 0 saturated heterocycles. The van der Waals surface area contributed by atoms with E-state index < -0.39 is 0 Å². The summed E-state index contributed by atoms with van der Waals surface area (Å²) in [5, 5.41) is 0. The fraction of sp³-hybridized carbons (Fsp3) is 0.471. The lowest BCUT2D eigenvalue weighted by atomic mass is 9.85. The third-order valence-electron chi connectivity index (χ3n) is 3.94. The van der Waals surface area contributed by atoms with Gasteiger partial charge in [-0.2, -0.15) is 0 Å². The summed E-state index contributed by atoms with van der Waals surface area (Å²) in [6.07, 6.45) is 5.88. The summed E-state index contributed by atoms with van der Waals surface area (Å²) < 4.78 is 15.8. The summed E-state index contributed by atoms with van der Waals surface area (Å²) in [7, 11) is 0. The van der Waals surface area contributed by atoms with Crippen LogP contribution in [-0.4, -0.2) is 19.4 Å². The van der Waals surface area contributed by atoms with Crippen molar-refractivity contribution in [2.75, 3.05) is 13.4 Å². The topological polar surface area (TPSA) is 44.8 Å². The van der Waals surface area contributed by atoms with Crippen LogP contribution in [0.5, 0.6) is 11.5 Å². The smallest absolute Gasteiger partial charge is 0.306 e. The normalized spacial score (nSPS) is 20.0. The third-order valence-corrected chi connectivity index (χ3v) is 3.94. The molecule has 0 aromatic heterocycles. The molecule has 2 aliphatic rings. The molecule has 1 aliphatic carbocycles. The zero-order valence-corrected chi connectivity index (χ0v) is 12.3. The summed E-state index contributed by atoms with van der Waals surface area (Å²) in [5.74, 6) is 1.78. The van der Waals surface area contributed by atoms with Gasteiger partial charge >= 0.3 is 5.97 Å². The Morgan fingerprint density at radius 2 is 2.19 bits per heavy atom. The van der Waals surface area contributed by atoms with E-state index in [4.69, 9.17) is 14.2 Å². The number of benzene rings is 1. The number of rotatable bonds is 4. The lowest BCUT2D eigenvalue weighted by Gasteiger charge is -2.21. The molecule has 0 radical (unpaired) electrons. The Hall–Kier alpha value is -1.97. The predicted octanol–water partition coefficient (Wildman–Crippen LogP) is 3.55. The molecular formula is C17H20O4. The van der Waals surface area contributed by atoms with E-state index in [0.29, 0.717) is 19.8 Å². The Labute approximate surface area is 124 Å². The van der Waals surface area contributed by atoms with Gasteiger partial charge in [-0.25, -0.2) is 0 Å². The van der Waals surface area contributed by atoms with Gasteiger partial charge in [0.25, 0.3) is 0 Å². The van der Waals surface area contributed by atoms with Crippen LogP contribution in [-0.2, 0) is 9.53 Å². The molecular weight excluding hydrogens is 268 g/mol. The van der Waals surface area contributed by atoms with Gasteiger partial charge in [-0.15, -0.1) is 0 Å². The van der Waals surface area contributed by atoms with Crippen LogP contribution >= 0.6 is 0 Å². The minimum absolute atomic E-state index is 0.106. The zero-order chi connectivity index (χ0) is 14.7. The van der Waals surface area contributed by atoms with Gasteiger partial charge in [-0.3, -0.25) is 4.79 Å². The number of hydrogen-bond acceptors (Lipinski definition) is 4. The van der Waals surface area contributed by atoms with Gasteiger partial charge in [-0.1, -0.05) is 12.1 Å². The minimum Gasteiger partial charge on any atom is -0.466 e. The molecule has 0 amide bonds. The molecule has 1 unspecified atom stereocenters. The second kappa shape index (κ2) is 6.20. The molecule has 1 atom stereocenters. The van der Waals surface area contributed by atoms with E-state index in [-0.39, 0.29) is 11.9 Å². The Morgan fingerprint density at radius 1 is 1.33 bits per heavy atom. The Balaban J connectivity index is 1.75. The number of ether oxygens (including phenoxy) is 3. The van der Waals surface area contributed by atoms with Gasteiger partial charge < -0.3 is 14.2 Å². The fourth-order valence-electron chi connectivity index (χ4n) is 2.94. The van der Waals surface area contributed by atoms with E-state index in [0.717, 1.165) is 36.3 Å². The maximum absolute atomic E-state index is 11.6. The van der Waals surface area contributed by atoms with Gasteiger partial charge in [0.05, 0.1) is 13.0 Å². The minimum atomic E-state index is -0.106. The predicted molar refractivity (Wildman–Crippen MR) is 79.1 cm³/mol. The molecule has 0 fully saturated rings. The van der Waals surface area contributed by atoms with Crippen LogP contribution < -0.4 is 9.47 Å². The van der Waals surface area contributed by atoms with Gasteiger partial charge in [0.2, 0.25) is 6.79 Å². The number of carbonyl (C=O) groups is 1. The van der Waals surface area contributed by atoms with Crippen LogP contribution in [0.3, 0.4) is 0 Å². The average molecular weight is 288 g/mol. The molecule has 3 rings (SSSR count). The van der Waals surface area contributed by atoms with Crippen molar-refractivity contribution in [1.29, 1.82) is 0 Å². The Morgan fingerprint density at radius 3 is 3.05 bits per heavy atom. The molecule has 1 heterocycles. The van der Waals surface area contributed by atoms with Crippen LogP contribution in [0, 0.1) is 5.92 Å². The Bertz CT molecular complexity index is 562. The maximum Gasteiger partial charge on any atom is 0.306 e. The third kappa shape index (κ3) is 3.20. The first-order valence-electron chi connectivity index (χ1n) is 7.52. The second-order valence-corrected chi connectivity index (χ2v) is 5.42. The van der Waals surface area contributed by atoms with Gasteiger partial charge in [-0.05, 0) is 55.4 Å². The largest absolute Gasteiger partial charge is 0.466 e. The van der Waals surface area contributed by atoms with E-state index >= 15 is 0 Å². The summed E-state index contributed by atoms with van der Waals surface area (Å²) in [6.45, 7) is 2.58. The number of esters is 1. The highest BCUT2D eigenvalue weighted by Crippen LogP contribution is 2.38. The van der Waals surface area contributed by atoms with Gasteiger partial charge in [0.1, 0.15) is 0 Å². The maximum atomic E-state index is 11.6. The number of hydrogen-bond donors (Lipinski definition) is 0. The van der Waals surface area contributed by atoms with Crippen molar-refractivity contribution in [3.05, 3.63) is 29.8 Å². The van der Waals surface area contributed by atoms with Gasteiger partial charge in [0.15, 0.2) is 11.5 Å². The molecule has 0 N–H and O–H groups in total. The van der Waals surface area contributed by atoms with Crippen LogP contribution in [0.4, 0.5) is 0 Å². The standard InChI is InChI=1S/C17H20O4/c1-2-19-17(18)9-12-4-3-5-13(8-12)14-6-7-15-16(10-14)21-11-20-15/h6-8,10,12H,2-5,9,11H2,1H3. The molecule has 0 spiro atoms. The summed E-state index contributed by atoms with van der Waals surface area (Å²) in [4.78, 5) is 11.6. The van der Waals surface area contributed by atoms with Crippen molar-refractivity contribution in [1.82, 2.24) is 0 Å². The first-order chi connectivity index (χ1) is 10.3. The molecule has 4 nitrogen and oxygen atoms in total. The van der Waals surface area contributed by atoms with E-state index in [1.54, 1.807) is 0 Å². The van der Waals surface area contributed by atoms with Crippen LogP contribution in [0.25, 0.3) is 5.57 Å².